The Hall–Kier alpha value is -1.37. The first-order valence-electron chi connectivity index (χ1n) is 5.31. The molecule has 1 saturated heterocycles. The molecule has 1 aliphatic rings. The zero-order valence-corrected chi connectivity index (χ0v) is 10.5. The van der Waals surface area contributed by atoms with Gasteiger partial charge in [0.05, 0.1) is 17.7 Å². The second-order valence-corrected chi connectivity index (χ2v) is 6.56. The Bertz CT molecular complexity index is 534. The van der Waals surface area contributed by atoms with Crippen LogP contribution in [0.3, 0.4) is 0 Å². The summed E-state index contributed by atoms with van der Waals surface area (Å²) >= 11 is 0. The van der Waals surface area contributed by atoms with Crippen LogP contribution in [-0.2, 0) is 9.84 Å². The number of carbonyl (C=O) groups is 1. The monoisotopic (exact) mass is 258 g/mol. The van der Waals surface area contributed by atoms with Crippen LogP contribution in [0.2, 0.25) is 0 Å². The van der Waals surface area contributed by atoms with Gasteiger partial charge in [-0.3, -0.25) is 4.79 Å². The van der Waals surface area contributed by atoms with Gasteiger partial charge in [-0.15, -0.1) is 0 Å². The van der Waals surface area contributed by atoms with E-state index in [0.717, 1.165) is 0 Å². The number of rotatable bonds is 2. The van der Waals surface area contributed by atoms with Crippen molar-refractivity contribution < 1.29 is 17.6 Å². The van der Waals surface area contributed by atoms with E-state index in [4.69, 9.17) is 4.42 Å². The average molecular weight is 258 g/mol. The molecule has 2 rings (SSSR count). The molecule has 0 saturated carbocycles. The second-order valence-electron chi connectivity index (χ2n) is 4.41. The first-order valence-corrected chi connectivity index (χ1v) is 7.13. The lowest BCUT2D eigenvalue weighted by molar-refractivity contribution is 0.0897. The first kappa shape index (κ1) is 12.1. The molecule has 0 aromatic carbocycles. The standard InChI is InChI=1S/C10H14N2O4S/c1-6-4-17(14,15)5-8(6)12-9(13)10-11-3-7(2)16-10/h3,6,8H,4-5H2,1-2H3,(H,12,13)/t6-,8+/m0/s1. The van der Waals surface area contributed by atoms with Crippen molar-refractivity contribution in [1.29, 1.82) is 0 Å². The molecule has 1 N–H and O–H groups in total. The Labute approximate surface area is 99.3 Å². The second kappa shape index (κ2) is 4.14. The fourth-order valence-corrected chi connectivity index (χ4v) is 4.02. The minimum atomic E-state index is -3.03. The van der Waals surface area contributed by atoms with Gasteiger partial charge in [-0.05, 0) is 12.8 Å². The molecule has 2 atom stereocenters. The lowest BCUT2D eigenvalue weighted by atomic mass is 10.1. The SMILES string of the molecule is Cc1cnc(C(=O)N[C@@H]2CS(=O)(=O)C[C@@H]2C)o1. The van der Waals surface area contributed by atoms with E-state index in [9.17, 15) is 13.2 Å². The normalized spacial score (nSPS) is 26.9. The Kier molecular flexibility index (Phi) is 2.94. The van der Waals surface area contributed by atoms with E-state index >= 15 is 0 Å². The average Bonchev–Trinajstić information content (AvgIpc) is 2.71. The number of sulfone groups is 1. The van der Waals surface area contributed by atoms with Crippen molar-refractivity contribution in [3.63, 3.8) is 0 Å². The van der Waals surface area contributed by atoms with E-state index in [1.807, 2.05) is 0 Å². The summed E-state index contributed by atoms with van der Waals surface area (Å²) in [5, 5.41) is 2.64. The van der Waals surface area contributed by atoms with Gasteiger partial charge in [0.2, 0.25) is 0 Å². The van der Waals surface area contributed by atoms with Crippen LogP contribution < -0.4 is 5.32 Å². The molecule has 17 heavy (non-hydrogen) atoms. The molecular formula is C10H14N2O4S. The summed E-state index contributed by atoms with van der Waals surface area (Å²) in [6.45, 7) is 3.49. The Morgan fingerprint density at radius 3 is 2.71 bits per heavy atom. The fourth-order valence-electron chi connectivity index (χ4n) is 1.90. The summed E-state index contributed by atoms with van der Waals surface area (Å²) < 4.78 is 27.8. The summed E-state index contributed by atoms with van der Waals surface area (Å²) in [6.07, 6.45) is 1.45. The predicted molar refractivity (Wildman–Crippen MR) is 60.3 cm³/mol. The van der Waals surface area contributed by atoms with E-state index in [-0.39, 0.29) is 29.4 Å². The molecule has 0 radical (unpaired) electrons. The van der Waals surface area contributed by atoms with Gasteiger partial charge in [-0.2, -0.15) is 0 Å². The van der Waals surface area contributed by atoms with E-state index in [2.05, 4.69) is 10.3 Å². The third-order valence-electron chi connectivity index (χ3n) is 2.77. The summed E-state index contributed by atoms with van der Waals surface area (Å²) in [5.74, 6) is 0.0654. The number of carbonyl (C=O) groups excluding carboxylic acids is 1. The molecule has 7 heteroatoms. The zero-order chi connectivity index (χ0) is 12.6. The summed E-state index contributed by atoms with van der Waals surface area (Å²) in [7, 11) is -3.03. The number of nitrogens with one attached hydrogen (secondary N) is 1. The van der Waals surface area contributed by atoms with Crippen molar-refractivity contribution in [3.8, 4) is 0 Å². The van der Waals surface area contributed by atoms with Crippen LogP contribution in [0.15, 0.2) is 10.6 Å². The Balaban J connectivity index is 2.05. The quantitative estimate of drug-likeness (QED) is 0.815. The molecule has 1 aliphatic heterocycles. The van der Waals surface area contributed by atoms with Gasteiger partial charge < -0.3 is 9.73 Å². The molecule has 1 fully saturated rings. The molecule has 2 heterocycles. The molecule has 0 aliphatic carbocycles. The minimum Gasteiger partial charge on any atom is -0.438 e. The van der Waals surface area contributed by atoms with Gasteiger partial charge in [0.15, 0.2) is 9.84 Å². The third-order valence-corrected chi connectivity index (χ3v) is 4.67. The number of hydrogen-bond acceptors (Lipinski definition) is 5. The summed E-state index contributed by atoms with van der Waals surface area (Å²) in [6, 6.07) is -0.361. The molecule has 0 spiro atoms. The van der Waals surface area contributed by atoms with Gasteiger partial charge in [-0.25, -0.2) is 13.4 Å². The molecule has 6 nitrogen and oxygen atoms in total. The first-order chi connectivity index (χ1) is 7.87. The largest absolute Gasteiger partial charge is 0.438 e. The lowest BCUT2D eigenvalue weighted by Gasteiger charge is -2.13. The van der Waals surface area contributed by atoms with Crippen molar-refractivity contribution in [2.24, 2.45) is 5.92 Å². The van der Waals surface area contributed by atoms with Gasteiger partial charge >= 0.3 is 5.91 Å². The molecule has 0 bridgehead atoms. The van der Waals surface area contributed by atoms with Crippen LogP contribution in [0.5, 0.6) is 0 Å². The fraction of sp³-hybridized carbons (Fsp3) is 0.600. The van der Waals surface area contributed by atoms with Crippen LogP contribution in [0, 0.1) is 12.8 Å². The van der Waals surface area contributed by atoms with Crippen molar-refractivity contribution in [1.82, 2.24) is 10.3 Å². The highest BCUT2D eigenvalue weighted by Crippen LogP contribution is 2.18. The van der Waals surface area contributed by atoms with Crippen LogP contribution >= 0.6 is 0 Å². The third kappa shape index (κ3) is 2.66. The maximum absolute atomic E-state index is 11.7. The molecule has 94 valence electrons. The van der Waals surface area contributed by atoms with Crippen LogP contribution in [-0.4, -0.2) is 36.9 Å². The van der Waals surface area contributed by atoms with Crippen molar-refractivity contribution in [2.75, 3.05) is 11.5 Å². The number of aromatic nitrogens is 1. The Morgan fingerprint density at radius 1 is 1.53 bits per heavy atom. The predicted octanol–water partition coefficient (Wildman–Crippen LogP) is 0.146. The number of amides is 1. The van der Waals surface area contributed by atoms with Crippen LogP contribution in [0.1, 0.15) is 23.4 Å². The highest BCUT2D eigenvalue weighted by molar-refractivity contribution is 7.91. The van der Waals surface area contributed by atoms with E-state index in [1.54, 1.807) is 13.8 Å². The Morgan fingerprint density at radius 2 is 2.24 bits per heavy atom. The van der Waals surface area contributed by atoms with E-state index in [0.29, 0.717) is 5.76 Å². The maximum atomic E-state index is 11.7. The highest BCUT2D eigenvalue weighted by atomic mass is 32.2. The number of oxazole rings is 1. The van der Waals surface area contributed by atoms with Crippen LogP contribution in [0.25, 0.3) is 0 Å². The molecule has 1 amide bonds. The maximum Gasteiger partial charge on any atom is 0.307 e. The smallest absolute Gasteiger partial charge is 0.307 e. The van der Waals surface area contributed by atoms with Gasteiger partial charge in [-0.1, -0.05) is 6.92 Å². The van der Waals surface area contributed by atoms with E-state index < -0.39 is 15.7 Å². The molecule has 0 unspecified atom stereocenters. The lowest BCUT2D eigenvalue weighted by Crippen LogP contribution is -2.39. The highest BCUT2D eigenvalue weighted by Gasteiger charge is 2.36. The van der Waals surface area contributed by atoms with Crippen molar-refractivity contribution in [2.45, 2.75) is 19.9 Å². The van der Waals surface area contributed by atoms with Gasteiger partial charge in [0.1, 0.15) is 5.76 Å². The summed E-state index contributed by atoms with van der Waals surface area (Å²) in [5.41, 5.74) is 0. The number of hydrogen-bond donors (Lipinski definition) is 1. The summed E-state index contributed by atoms with van der Waals surface area (Å²) in [4.78, 5) is 15.5. The topological polar surface area (TPSA) is 89.3 Å². The van der Waals surface area contributed by atoms with E-state index in [1.165, 1.54) is 6.20 Å². The molecule has 1 aromatic heterocycles. The minimum absolute atomic E-state index is 0.0143. The van der Waals surface area contributed by atoms with Crippen LogP contribution in [0.4, 0.5) is 0 Å². The van der Waals surface area contributed by atoms with Crippen molar-refractivity contribution in [3.05, 3.63) is 17.8 Å². The molecular weight excluding hydrogens is 244 g/mol. The number of nitrogens with zero attached hydrogens (tertiary/aromatic N) is 1. The molecule has 1 aromatic rings. The van der Waals surface area contributed by atoms with Gasteiger partial charge in [0.25, 0.3) is 5.89 Å². The van der Waals surface area contributed by atoms with Gasteiger partial charge in [0, 0.05) is 6.04 Å². The zero-order valence-electron chi connectivity index (χ0n) is 9.63. The number of aryl methyl sites for hydroxylation is 1. The van der Waals surface area contributed by atoms with Crippen molar-refractivity contribution >= 4 is 15.7 Å².